The molecular formula is C31H41N5O7S2. The quantitative estimate of drug-likeness (QED) is 0.0669. The van der Waals surface area contributed by atoms with Gasteiger partial charge in [0.1, 0.15) is 0 Å². The molecule has 0 aromatic heterocycles. The number of benzene rings is 3. The van der Waals surface area contributed by atoms with E-state index in [4.69, 9.17) is 5.11 Å². The van der Waals surface area contributed by atoms with E-state index in [1.807, 2.05) is 6.07 Å². The van der Waals surface area contributed by atoms with Crippen molar-refractivity contribution < 1.29 is 31.5 Å². The Morgan fingerprint density at radius 3 is 1.96 bits per heavy atom. The van der Waals surface area contributed by atoms with Crippen LogP contribution in [0.5, 0.6) is 0 Å². The van der Waals surface area contributed by atoms with Gasteiger partial charge in [0.05, 0.1) is 21.2 Å². The first-order valence-corrected chi connectivity index (χ1v) is 17.8. The number of anilines is 3. The highest BCUT2D eigenvalue weighted by atomic mass is 32.2. The van der Waals surface area contributed by atoms with Crippen molar-refractivity contribution in [2.45, 2.75) is 68.1 Å². The molecule has 45 heavy (non-hydrogen) atoms. The van der Waals surface area contributed by atoms with Gasteiger partial charge in [0.2, 0.25) is 0 Å². The van der Waals surface area contributed by atoms with Crippen molar-refractivity contribution >= 4 is 48.9 Å². The first kappa shape index (κ1) is 35.3. The molecule has 3 aromatic rings. The minimum Gasteiger partial charge on any atom is -0.396 e. The first-order chi connectivity index (χ1) is 21.5. The normalized spacial score (nSPS) is 11.4. The van der Waals surface area contributed by atoms with Crippen LogP contribution in [0, 0.1) is 0 Å². The van der Waals surface area contributed by atoms with Crippen LogP contribution in [-0.2, 0) is 36.1 Å². The predicted molar refractivity (Wildman–Crippen MR) is 175 cm³/mol. The lowest BCUT2D eigenvalue weighted by Gasteiger charge is -2.13. The number of hydrogen-bond acceptors (Lipinski definition) is 8. The molecule has 0 heterocycles. The molecular weight excluding hydrogens is 619 g/mol. The van der Waals surface area contributed by atoms with Crippen LogP contribution in [0.1, 0.15) is 57.4 Å². The monoisotopic (exact) mass is 659 g/mol. The molecule has 0 fully saturated rings. The van der Waals surface area contributed by atoms with Crippen LogP contribution in [-0.4, -0.2) is 46.9 Å². The van der Waals surface area contributed by atoms with Gasteiger partial charge < -0.3 is 10.4 Å². The SMILES string of the molecule is CCCCCCCCc1cccc(S(=O)(=O)Nc2cccc(S(=O)(=O)Nc3ccc(NNC(=O)C(=O)NCCCO)cc3)c2)c1. The summed E-state index contributed by atoms with van der Waals surface area (Å²) in [6.45, 7) is 2.21. The largest absolute Gasteiger partial charge is 0.396 e. The maximum Gasteiger partial charge on any atom is 0.327 e. The Hall–Kier alpha value is -4.14. The molecule has 0 atom stereocenters. The van der Waals surface area contributed by atoms with Gasteiger partial charge in [-0.25, -0.2) is 16.8 Å². The molecule has 0 aliphatic carbocycles. The van der Waals surface area contributed by atoms with E-state index in [2.05, 4.69) is 32.5 Å². The highest BCUT2D eigenvalue weighted by molar-refractivity contribution is 7.93. The number of aliphatic hydroxyl groups is 1. The molecule has 0 aliphatic heterocycles. The number of carbonyl (C=O) groups is 2. The van der Waals surface area contributed by atoms with Crippen LogP contribution >= 0.6 is 0 Å². The zero-order valence-corrected chi connectivity index (χ0v) is 26.8. The predicted octanol–water partition coefficient (Wildman–Crippen LogP) is 4.13. The Morgan fingerprint density at radius 1 is 0.667 bits per heavy atom. The van der Waals surface area contributed by atoms with Crippen LogP contribution in [0.15, 0.2) is 82.6 Å². The van der Waals surface area contributed by atoms with Crippen molar-refractivity contribution in [3.05, 3.63) is 78.4 Å². The Labute approximate surface area is 265 Å². The minimum absolute atomic E-state index is 0.0925. The van der Waals surface area contributed by atoms with Gasteiger partial charge in [-0.05, 0) is 79.4 Å². The number of nitrogens with one attached hydrogen (secondary N) is 5. The van der Waals surface area contributed by atoms with E-state index >= 15 is 0 Å². The summed E-state index contributed by atoms with van der Waals surface area (Å²) >= 11 is 0. The van der Waals surface area contributed by atoms with E-state index in [0.717, 1.165) is 24.8 Å². The molecule has 12 nitrogen and oxygen atoms in total. The maximum atomic E-state index is 13.1. The summed E-state index contributed by atoms with van der Waals surface area (Å²) in [5.41, 5.74) is 6.38. The molecule has 6 N–H and O–H groups in total. The lowest BCUT2D eigenvalue weighted by molar-refractivity contribution is -0.138. The number of rotatable bonds is 18. The van der Waals surface area contributed by atoms with Gasteiger partial charge in [-0.2, -0.15) is 0 Å². The molecule has 3 aromatic carbocycles. The molecule has 244 valence electrons. The molecule has 0 radical (unpaired) electrons. The second-order valence-electron chi connectivity index (χ2n) is 10.4. The van der Waals surface area contributed by atoms with E-state index in [0.29, 0.717) is 12.1 Å². The van der Waals surface area contributed by atoms with Crippen molar-refractivity contribution in [3.63, 3.8) is 0 Å². The van der Waals surface area contributed by atoms with Gasteiger partial charge in [-0.3, -0.25) is 29.9 Å². The number of amides is 2. The third-order valence-electron chi connectivity index (χ3n) is 6.71. The van der Waals surface area contributed by atoms with Gasteiger partial charge in [0, 0.05) is 18.8 Å². The summed E-state index contributed by atoms with van der Waals surface area (Å²) in [6, 6.07) is 18.1. The molecule has 0 unspecified atom stereocenters. The highest BCUT2D eigenvalue weighted by Gasteiger charge is 2.19. The van der Waals surface area contributed by atoms with Gasteiger partial charge in [-0.15, -0.1) is 0 Å². The number of carbonyl (C=O) groups excluding carboxylic acids is 2. The van der Waals surface area contributed by atoms with Crippen LogP contribution in [0.4, 0.5) is 17.1 Å². The Morgan fingerprint density at radius 2 is 1.27 bits per heavy atom. The minimum atomic E-state index is -4.09. The fraction of sp³-hybridized carbons (Fsp3) is 0.355. The van der Waals surface area contributed by atoms with Crippen molar-refractivity contribution in [2.24, 2.45) is 0 Å². The lowest BCUT2D eigenvalue weighted by Crippen LogP contribution is -2.42. The molecule has 0 saturated heterocycles. The smallest absolute Gasteiger partial charge is 0.327 e. The van der Waals surface area contributed by atoms with Crippen molar-refractivity contribution in [3.8, 4) is 0 Å². The first-order valence-electron chi connectivity index (χ1n) is 14.8. The summed E-state index contributed by atoms with van der Waals surface area (Å²) in [5.74, 6) is -1.81. The molecule has 0 saturated carbocycles. The summed E-state index contributed by atoms with van der Waals surface area (Å²) in [5, 5.41) is 11.1. The van der Waals surface area contributed by atoms with Gasteiger partial charge >= 0.3 is 11.8 Å². The third-order valence-corrected chi connectivity index (χ3v) is 9.47. The summed E-state index contributed by atoms with van der Waals surface area (Å²) in [4.78, 5) is 23.5. The van der Waals surface area contributed by atoms with Crippen LogP contribution in [0.25, 0.3) is 0 Å². The summed E-state index contributed by atoms with van der Waals surface area (Å²) in [6.07, 6.45) is 7.96. The second kappa shape index (κ2) is 17.4. The molecule has 14 heteroatoms. The average molecular weight is 660 g/mol. The van der Waals surface area contributed by atoms with Crippen molar-refractivity contribution in [2.75, 3.05) is 28.0 Å². The second-order valence-corrected chi connectivity index (χ2v) is 13.8. The van der Waals surface area contributed by atoms with Gasteiger partial charge in [-0.1, -0.05) is 57.2 Å². The number of hydrazine groups is 1. The number of unbranched alkanes of at least 4 members (excludes halogenated alkanes) is 5. The number of sulfonamides is 2. The lowest BCUT2D eigenvalue weighted by atomic mass is 10.1. The number of aliphatic hydroxyl groups excluding tert-OH is 1. The van der Waals surface area contributed by atoms with Gasteiger partial charge in [0.15, 0.2) is 0 Å². The molecule has 0 spiro atoms. The number of aryl methyl sites for hydroxylation is 1. The van der Waals surface area contributed by atoms with Crippen molar-refractivity contribution in [1.29, 1.82) is 0 Å². The van der Waals surface area contributed by atoms with E-state index in [1.54, 1.807) is 12.1 Å². The molecule has 0 aliphatic rings. The fourth-order valence-corrected chi connectivity index (χ4v) is 6.52. The topological polar surface area (TPSA) is 183 Å². The zero-order chi connectivity index (χ0) is 32.7. The molecule has 0 bridgehead atoms. The summed E-state index contributed by atoms with van der Waals surface area (Å²) in [7, 11) is -8.05. The summed E-state index contributed by atoms with van der Waals surface area (Å²) < 4.78 is 57.3. The van der Waals surface area contributed by atoms with Crippen LogP contribution in [0.3, 0.4) is 0 Å². The van der Waals surface area contributed by atoms with E-state index in [9.17, 15) is 26.4 Å². The van der Waals surface area contributed by atoms with Crippen molar-refractivity contribution in [1.82, 2.24) is 10.7 Å². The fourth-order valence-electron chi connectivity index (χ4n) is 4.30. The average Bonchev–Trinajstić information content (AvgIpc) is 3.02. The van der Waals surface area contributed by atoms with E-state index in [-0.39, 0.29) is 34.3 Å². The zero-order valence-electron chi connectivity index (χ0n) is 25.2. The molecule has 2 amide bonds. The third kappa shape index (κ3) is 11.7. The molecule has 3 rings (SSSR count). The number of hydrogen-bond donors (Lipinski definition) is 6. The van der Waals surface area contributed by atoms with E-state index in [1.165, 1.54) is 80.3 Å². The standard InChI is InChI=1S/C31H41N5O7S2/c1-2-3-4-5-6-7-11-24-12-8-14-28(22-24)44(40,41)36-27-13-9-15-29(23-27)45(42,43)35-26-18-16-25(17-19-26)33-34-31(39)30(38)32-20-10-21-37/h8-9,12-19,22-23,33,35-37H,2-7,10-11,20-21H2,1H3,(H,32,38)(H,34,39). The van der Waals surface area contributed by atoms with Crippen LogP contribution < -0.4 is 25.6 Å². The Kier molecular flexibility index (Phi) is 13.6. The maximum absolute atomic E-state index is 13.1. The van der Waals surface area contributed by atoms with Gasteiger partial charge in [0.25, 0.3) is 20.0 Å². The van der Waals surface area contributed by atoms with Crippen LogP contribution in [0.2, 0.25) is 0 Å². The Balaban J connectivity index is 1.59. The Bertz CT molecular complexity index is 1630. The highest BCUT2D eigenvalue weighted by Crippen LogP contribution is 2.23. The van der Waals surface area contributed by atoms with E-state index < -0.39 is 31.9 Å².